The molecule has 2 heterocycles. The number of nitrogens with zero attached hydrogens (tertiary/aromatic N) is 5. The van der Waals surface area contributed by atoms with Crippen molar-refractivity contribution in [3.05, 3.63) is 107 Å². The molecule has 0 aromatic heterocycles. The van der Waals surface area contributed by atoms with E-state index in [0.29, 0.717) is 0 Å². The summed E-state index contributed by atoms with van der Waals surface area (Å²) in [6.45, 7) is 6.95. The molecule has 0 radical (unpaired) electrons. The highest BCUT2D eigenvalue weighted by atomic mass is 31.2. The third kappa shape index (κ3) is 5.82. The van der Waals surface area contributed by atoms with Crippen LogP contribution in [0, 0.1) is 10.1 Å². The number of hydrogen-bond acceptors (Lipinski definition) is 6. The van der Waals surface area contributed by atoms with Crippen molar-refractivity contribution in [1.82, 2.24) is 9.57 Å². The largest absolute Gasteiger partial charge is 0.378 e. The Morgan fingerprint density at radius 2 is 1.46 bits per heavy atom. The Morgan fingerprint density at radius 3 is 2.12 bits per heavy atom. The van der Waals surface area contributed by atoms with E-state index in [-0.39, 0.29) is 16.3 Å². The third-order valence-corrected chi connectivity index (χ3v) is 12.7. The number of ether oxygens (including phenoxy) is 1. The van der Waals surface area contributed by atoms with Crippen LogP contribution in [0.5, 0.6) is 0 Å². The fourth-order valence-corrected chi connectivity index (χ4v) is 11.0. The van der Waals surface area contributed by atoms with E-state index in [9.17, 15) is 10.1 Å². The Labute approximate surface area is 242 Å². The Kier molecular flexibility index (Phi) is 8.51. The quantitative estimate of drug-likeness (QED) is 0.189. The normalized spacial score (nSPS) is 21.6. The van der Waals surface area contributed by atoms with Crippen LogP contribution in [-0.2, 0) is 4.74 Å². The summed E-state index contributed by atoms with van der Waals surface area (Å²) in [5, 5.41) is 12.7. The number of non-ortho nitro benzene ring substituents is 1. The number of benzene rings is 3. The summed E-state index contributed by atoms with van der Waals surface area (Å²) >= 11 is 0. The van der Waals surface area contributed by atoms with E-state index < -0.39 is 7.21 Å². The van der Waals surface area contributed by atoms with Crippen molar-refractivity contribution in [2.75, 3.05) is 57.4 Å². The van der Waals surface area contributed by atoms with Crippen LogP contribution in [-0.4, -0.2) is 72.6 Å². The molecular formula is C32H38N5O3P. The number of allylic oxidation sites excluding steroid dienone is 2. The van der Waals surface area contributed by atoms with E-state index >= 15 is 0 Å². The highest BCUT2D eigenvalue weighted by molar-refractivity contribution is 7.72. The molecule has 0 spiro atoms. The maximum absolute atomic E-state index is 11.4. The second-order valence-corrected chi connectivity index (χ2v) is 14.0. The van der Waals surface area contributed by atoms with Crippen LogP contribution in [0.15, 0.2) is 101 Å². The zero-order chi connectivity index (χ0) is 28.1. The first-order valence-electron chi connectivity index (χ1n) is 14.7. The summed E-state index contributed by atoms with van der Waals surface area (Å²) in [6, 6.07) is 28.4. The number of nitro groups is 1. The van der Waals surface area contributed by atoms with Gasteiger partial charge in [0.15, 0.2) is 0 Å². The predicted molar refractivity (Wildman–Crippen MR) is 167 cm³/mol. The molecule has 0 saturated carbocycles. The molecule has 0 unspecified atom stereocenters. The average molecular weight is 572 g/mol. The van der Waals surface area contributed by atoms with Gasteiger partial charge in [0.1, 0.15) is 0 Å². The van der Waals surface area contributed by atoms with Crippen LogP contribution >= 0.6 is 7.21 Å². The lowest BCUT2D eigenvalue weighted by atomic mass is 10.0. The molecule has 3 aromatic rings. The Balaban J connectivity index is 1.49. The van der Waals surface area contributed by atoms with Crippen LogP contribution in [0.2, 0.25) is 0 Å². The lowest BCUT2D eigenvalue weighted by molar-refractivity contribution is -0.384. The molecule has 8 nitrogen and oxygen atoms in total. The van der Waals surface area contributed by atoms with Gasteiger partial charge >= 0.3 is 0 Å². The van der Waals surface area contributed by atoms with Crippen molar-refractivity contribution in [2.45, 2.75) is 24.9 Å². The molecule has 41 heavy (non-hydrogen) atoms. The minimum atomic E-state index is -2.39. The van der Waals surface area contributed by atoms with Gasteiger partial charge in [-0.15, -0.1) is 0 Å². The highest BCUT2D eigenvalue weighted by Crippen LogP contribution is 2.63. The van der Waals surface area contributed by atoms with Gasteiger partial charge in [0, 0.05) is 68.1 Å². The van der Waals surface area contributed by atoms with Crippen molar-refractivity contribution in [3.63, 3.8) is 0 Å². The van der Waals surface area contributed by atoms with Crippen LogP contribution in [0.1, 0.15) is 19.3 Å². The minimum Gasteiger partial charge on any atom is -0.378 e. The van der Waals surface area contributed by atoms with Gasteiger partial charge in [-0.2, -0.15) is 0 Å². The molecule has 214 valence electrons. The lowest BCUT2D eigenvalue weighted by Gasteiger charge is -2.49. The number of rotatable bonds is 7. The monoisotopic (exact) mass is 571 g/mol. The maximum atomic E-state index is 11.4. The van der Waals surface area contributed by atoms with Gasteiger partial charge in [-0.25, -0.2) is 4.74 Å². The molecule has 3 aromatic carbocycles. The number of morpholine rings is 1. The summed E-state index contributed by atoms with van der Waals surface area (Å²) < 4.78 is 14.2. The third-order valence-electron chi connectivity index (χ3n) is 8.46. The summed E-state index contributed by atoms with van der Waals surface area (Å²) in [6.07, 6.45) is 5.74. The number of para-hydroxylation sites is 1. The van der Waals surface area contributed by atoms with E-state index in [1.165, 1.54) is 16.7 Å². The first-order chi connectivity index (χ1) is 20.1. The standard InChI is InChI=1S/C32H38N5O3P/c38-37(39)29-17-15-27(16-18-29)33-41(30-11-5-2-6-12-30,32-14-8-7-13-31(32)35-23-25-40-26-24-35)36-21-19-34(20-22-36)28-9-3-1-4-10-28/h1-6,9-13,15-18,32H,7-8,14,19-26H2/t32-,41-/m0/s1. The number of piperazine rings is 1. The summed E-state index contributed by atoms with van der Waals surface area (Å²) in [4.78, 5) is 16.1. The molecule has 3 aliphatic rings. The van der Waals surface area contributed by atoms with Crippen molar-refractivity contribution in [3.8, 4) is 0 Å². The zero-order valence-electron chi connectivity index (χ0n) is 23.4. The van der Waals surface area contributed by atoms with E-state index in [1.54, 1.807) is 12.1 Å². The molecule has 2 fully saturated rings. The van der Waals surface area contributed by atoms with Crippen molar-refractivity contribution in [1.29, 1.82) is 0 Å². The Hall–Kier alpha value is -3.45. The second kappa shape index (κ2) is 12.6. The molecule has 9 heteroatoms. The van der Waals surface area contributed by atoms with Gasteiger partial charge in [-0.1, -0.05) is 54.6 Å². The molecular weight excluding hydrogens is 533 g/mol. The SMILES string of the molecule is O=[N+]([O-])c1ccc(N=[P@](c2ccccc2)([C@H]2CCCC=C2N2CCOCC2)N2CCN(c3ccccc3)CC2)cc1. The van der Waals surface area contributed by atoms with Crippen LogP contribution in [0.25, 0.3) is 0 Å². The molecule has 2 aliphatic heterocycles. The Bertz CT molecular complexity index is 1400. The number of anilines is 1. The van der Waals surface area contributed by atoms with Crippen LogP contribution in [0.4, 0.5) is 17.1 Å². The predicted octanol–water partition coefficient (Wildman–Crippen LogP) is 6.26. The molecule has 2 atom stereocenters. The van der Waals surface area contributed by atoms with Gasteiger partial charge in [0.2, 0.25) is 0 Å². The molecule has 1 aliphatic carbocycles. The van der Waals surface area contributed by atoms with Gasteiger partial charge in [0.25, 0.3) is 5.69 Å². The summed E-state index contributed by atoms with van der Waals surface area (Å²) in [7, 11) is -2.39. The number of hydrogen-bond donors (Lipinski definition) is 0. The van der Waals surface area contributed by atoms with E-state index in [2.05, 4.69) is 81.2 Å². The first-order valence-corrected chi connectivity index (χ1v) is 16.4. The van der Waals surface area contributed by atoms with Crippen LogP contribution < -0.4 is 10.2 Å². The Morgan fingerprint density at radius 1 is 0.805 bits per heavy atom. The van der Waals surface area contributed by atoms with E-state index in [1.807, 2.05) is 12.1 Å². The van der Waals surface area contributed by atoms with Crippen molar-refractivity contribution < 1.29 is 9.66 Å². The van der Waals surface area contributed by atoms with E-state index in [4.69, 9.17) is 9.48 Å². The smallest absolute Gasteiger partial charge is 0.269 e. The van der Waals surface area contributed by atoms with Gasteiger partial charge in [-0.3, -0.25) is 14.8 Å². The summed E-state index contributed by atoms with van der Waals surface area (Å²) in [5.41, 5.74) is 3.82. The second-order valence-electron chi connectivity index (χ2n) is 10.8. The van der Waals surface area contributed by atoms with Gasteiger partial charge in [-0.05, 0) is 43.5 Å². The topological polar surface area (TPSA) is 74.4 Å². The van der Waals surface area contributed by atoms with Crippen molar-refractivity contribution in [2.24, 2.45) is 4.74 Å². The lowest BCUT2D eigenvalue weighted by Crippen LogP contribution is -2.49. The molecule has 6 rings (SSSR count). The molecule has 0 bridgehead atoms. The van der Waals surface area contributed by atoms with Crippen LogP contribution in [0.3, 0.4) is 0 Å². The molecule has 0 amide bonds. The number of nitro benzene ring substituents is 1. The average Bonchev–Trinajstić information content (AvgIpc) is 3.05. The summed E-state index contributed by atoms with van der Waals surface area (Å²) in [5.74, 6) is 0. The van der Waals surface area contributed by atoms with E-state index in [0.717, 1.165) is 77.4 Å². The van der Waals surface area contributed by atoms with Gasteiger partial charge < -0.3 is 14.5 Å². The van der Waals surface area contributed by atoms with Gasteiger partial charge in [0.05, 0.1) is 36.7 Å². The van der Waals surface area contributed by atoms with Crippen molar-refractivity contribution >= 4 is 29.6 Å². The zero-order valence-corrected chi connectivity index (χ0v) is 24.3. The molecule has 0 N–H and O–H groups in total. The maximum Gasteiger partial charge on any atom is 0.269 e. The minimum absolute atomic E-state index is 0.0932. The first kappa shape index (κ1) is 27.7. The fraction of sp³-hybridized carbons (Fsp3) is 0.375. The molecule has 2 saturated heterocycles. The highest BCUT2D eigenvalue weighted by Gasteiger charge is 2.43. The fourth-order valence-electron chi connectivity index (χ4n) is 6.46.